The minimum Gasteiger partial charge on any atom is -0.489 e. The highest BCUT2D eigenvalue weighted by molar-refractivity contribution is 6.09. The molecule has 1 saturated carbocycles. The van der Waals surface area contributed by atoms with Crippen molar-refractivity contribution in [2.45, 2.75) is 76.4 Å². The number of benzene rings is 3. The first-order valence-electron chi connectivity index (χ1n) is 14.9. The SMILES string of the molecule is CC1=NC2=C(C(=O)CC(c3ccccc3)C2)C(c2ccccc2OCc2ccccc2)C1C(=O)OC1CCCCC1. The number of carbonyl (C=O) groups is 2. The van der Waals surface area contributed by atoms with E-state index in [1.807, 2.05) is 79.7 Å². The van der Waals surface area contributed by atoms with Crippen molar-refractivity contribution in [2.24, 2.45) is 10.9 Å². The van der Waals surface area contributed by atoms with E-state index in [0.717, 1.165) is 48.1 Å². The van der Waals surface area contributed by atoms with E-state index in [1.54, 1.807) is 0 Å². The van der Waals surface area contributed by atoms with Crippen LogP contribution in [0, 0.1) is 5.92 Å². The van der Waals surface area contributed by atoms with Crippen LogP contribution in [0.2, 0.25) is 0 Å². The number of allylic oxidation sites excluding steroid dienone is 2. The van der Waals surface area contributed by atoms with Crippen LogP contribution >= 0.6 is 0 Å². The molecule has 0 radical (unpaired) electrons. The summed E-state index contributed by atoms with van der Waals surface area (Å²) in [5.74, 6) is -0.671. The van der Waals surface area contributed by atoms with Crippen molar-refractivity contribution in [3.63, 3.8) is 0 Å². The molecule has 3 aromatic rings. The monoisotopic (exact) mass is 547 g/mol. The molecule has 210 valence electrons. The van der Waals surface area contributed by atoms with Crippen LogP contribution < -0.4 is 4.74 Å². The van der Waals surface area contributed by atoms with Gasteiger partial charge in [-0.15, -0.1) is 0 Å². The van der Waals surface area contributed by atoms with Gasteiger partial charge in [-0.2, -0.15) is 0 Å². The minimum absolute atomic E-state index is 0.0506. The van der Waals surface area contributed by atoms with Gasteiger partial charge in [-0.3, -0.25) is 14.6 Å². The number of para-hydroxylation sites is 1. The number of esters is 1. The molecule has 0 amide bonds. The van der Waals surface area contributed by atoms with E-state index < -0.39 is 11.8 Å². The number of ketones is 1. The van der Waals surface area contributed by atoms with Crippen molar-refractivity contribution >= 4 is 17.5 Å². The highest BCUT2D eigenvalue weighted by Crippen LogP contribution is 2.49. The van der Waals surface area contributed by atoms with E-state index in [0.29, 0.717) is 36.5 Å². The molecular formula is C36H37NO4. The Morgan fingerprint density at radius 2 is 1.54 bits per heavy atom. The molecule has 5 nitrogen and oxygen atoms in total. The van der Waals surface area contributed by atoms with Gasteiger partial charge >= 0.3 is 5.97 Å². The lowest BCUT2D eigenvalue weighted by Gasteiger charge is -2.37. The van der Waals surface area contributed by atoms with Crippen LogP contribution in [-0.2, 0) is 20.9 Å². The van der Waals surface area contributed by atoms with Crippen molar-refractivity contribution in [1.82, 2.24) is 0 Å². The maximum absolute atomic E-state index is 14.0. The summed E-state index contributed by atoms with van der Waals surface area (Å²) in [6.07, 6.45) is 6.09. The molecule has 0 spiro atoms. The number of ether oxygens (including phenoxy) is 2. The lowest BCUT2D eigenvalue weighted by molar-refractivity contribution is -0.153. The Bertz CT molecular complexity index is 1450. The van der Waals surface area contributed by atoms with E-state index in [9.17, 15) is 9.59 Å². The van der Waals surface area contributed by atoms with Gasteiger partial charge < -0.3 is 9.47 Å². The first-order chi connectivity index (χ1) is 20.1. The molecule has 1 aliphatic heterocycles. The molecule has 3 aromatic carbocycles. The number of rotatable bonds is 7. The van der Waals surface area contributed by atoms with Gasteiger partial charge in [-0.1, -0.05) is 85.3 Å². The molecular weight excluding hydrogens is 510 g/mol. The Morgan fingerprint density at radius 3 is 2.29 bits per heavy atom. The molecule has 0 bridgehead atoms. The third-order valence-electron chi connectivity index (χ3n) is 8.74. The molecule has 41 heavy (non-hydrogen) atoms. The molecule has 0 N–H and O–H groups in total. The highest BCUT2D eigenvalue weighted by atomic mass is 16.5. The maximum atomic E-state index is 14.0. The average Bonchev–Trinajstić information content (AvgIpc) is 3.01. The zero-order valence-electron chi connectivity index (χ0n) is 23.6. The smallest absolute Gasteiger partial charge is 0.315 e. The predicted octanol–water partition coefficient (Wildman–Crippen LogP) is 7.72. The number of Topliss-reactive ketones (excluding diaryl/α,β-unsaturated/α-hetero) is 1. The van der Waals surface area contributed by atoms with Gasteiger partial charge in [-0.25, -0.2) is 0 Å². The van der Waals surface area contributed by atoms with Crippen molar-refractivity contribution in [1.29, 1.82) is 0 Å². The number of hydrogen-bond donors (Lipinski definition) is 0. The molecule has 3 atom stereocenters. The summed E-state index contributed by atoms with van der Waals surface area (Å²) in [5, 5.41) is 0. The Balaban J connectivity index is 1.39. The van der Waals surface area contributed by atoms with Crippen molar-refractivity contribution in [2.75, 3.05) is 0 Å². The summed E-state index contributed by atoms with van der Waals surface area (Å²) in [5.41, 5.74) is 5.16. The standard InChI is InChI=1S/C36H37NO4/c1-24-33(36(39)41-28-17-9-4-10-18-28)34(29-19-11-12-20-32(29)40-23-25-13-5-2-6-14-25)35-30(37-24)21-27(22-31(35)38)26-15-7-3-8-16-26/h2-3,5-8,11-16,19-20,27-28,33-34H,4,9-10,17-18,21-23H2,1H3. The molecule has 2 aliphatic carbocycles. The Hall–Kier alpha value is -3.99. The van der Waals surface area contributed by atoms with Crippen LogP contribution in [-0.4, -0.2) is 23.6 Å². The first kappa shape index (κ1) is 27.2. The Kier molecular flexibility index (Phi) is 8.13. The third kappa shape index (κ3) is 5.90. The third-order valence-corrected chi connectivity index (χ3v) is 8.74. The molecule has 6 rings (SSSR count). The summed E-state index contributed by atoms with van der Waals surface area (Å²) < 4.78 is 12.5. The predicted molar refractivity (Wildman–Crippen MR) is 160 cm³/mol. The minimum atomic E-state index is -0.672. The van der Waals surface area contributed by atoms with E-state index in [1.165, 1.54) is 6.42 Å². The quantitative estimate of drug-likeness (QED) is 0.284. The molecule has 1 fully saturated rings. The summed E-state index contributed by atoms with van der Waals surface area (Å²) in [7, 11) is 0. The van der Waals surface area contributed by atoms with Crippen LogP contribution in [0.25, 0.3) is 0 Å². The zero-order chi connectivity index (χ0) is 28.2. The maximum Gasteiger partial charge on any atom is 0.315 e. The van der Waals surface area contributed by atoms with Crippen LogP contribution in [0.1, 0.15) is 80.4 Å². The van der Waals surface area contributed by atoms with Gasteiger partial charge in [0.05, 0.1) is 0 Å². The number of hydrogen-bond acceptors (Lipinski definition) is 5. The van der Waals surface area contributed by atoms with E-state index in [4.69, 9.17) is 14.5 Å². The fourth-order valence-electron chi connectivity index (χ4n) is 6.69. The van der Waals surface area contributed by atoms with Crippen molar-refractivity contribution in [3.8, 4) is 5.75 Å². The van der Waals surface area contributed by atoms with Gasteiger partial charge in [0, 0.05) is 34.9 Å². The van der Waals surface area contributed by atoms with E-state index in [-0.39, 0.29) is 23.8 Å². The summed E-state index contributed by atoms with van der Waals surface area (Å²) in [6.45, 7) is 2.30. The number of carbonyl (C=O) groups excluding carboxylic acids is 2. The number of aliphatic imine (C=N–C) groups is 1. The van der Waals surface area contributed by atoms with Gasteiger partial charge in [0.25, 0.3) is 0 Å². The Labute approximate surface area is 242 Å². The van der Waals surface area contributed by atoms with Gasteiger partial charge in [0.15, 0.2) is 5.78 Å². The summed E-state index contributed by atoms with van der Waals surface area (Å²) in [4.78, 5) is 32.9. The fraction of sp³-hybridized carbons (Fsp3) is 0.361. The molecule has 3 aliphatic rings. The van der Waals surface area contributed by atoms with Gasteiger partial charge in [0.2, 0.25) is 0 Å². The topological polar surface area (TPSA) is 65.0 Å². The first-order valence-corrected chi connectivity index (χ1v) is 14.9. The summed E-state index contributed by atoms with van der Waals surface area (Å²) >= 11 is 0. The summed E-state index contributed by atoms with van der Waals surface area (Å²) in [6, 6.07) is 28.0. The molecule has 1 heterocycles. The lowest BCUT2D eigenvalue weighted by Crippen LogP contribution is -2.39. The normalized spacial score (nSPS) is 23.0. The Morgan fingerprint density at radius 1 is 0.854 bits per heavy atom. The van der Waals surface area contributed by atoms with E-state index >= 15 is 0 Å². The van der Waals surface area contributed by atoms with Crippen LogP contribution in [0.4, 0.5) is 0 Å². The van der Waals surface area contributed by atoms with E-state index in [2.05, 4.69) is 12.1 Å². The second-order valence-electron chi connectivity index (χ2n) is 11.5. The zero-order valence-corrected chi connectivity index (χ0v) is 23.6. The van der Waals surface area contributed by atoms with Crippen LogP contribution in [0.3, 0.4) is 0 Å². The van der Waals surface area contributed by atoms with Gasteiger partial charge in [-0.05, 0) is 62.1 Å². The molecule has 0 aromatic heterocycles. The largest absolute Gasteiger partial charge is 0.489 e. The van der Waals surface area contributed by atoms with Crippen LogP contribution in [0.15, 0.2) is 101 Å². The second-order valence-corrected chi connectivity index (χ2v) is 11.5. The van der Waals surface area contributed by atoms with Crippen LogP contribution in [0.5, 0.6) is 5.75 Å². The lowest BCUT2D eigenvalue weighted by atomic mass is 9.69. The van der Waals surface area contributed by atoms with Crippen molar-refractivity contribution in [3.05, 3.63) is 113 Å². The average molecular weight is 548 g/mol. The molecule has 5 heteroatoms. The number of nitrogens with zero attached hydrogens (tertiary/aromatic N) is 1. The highest BCUT2D eigenvalue weighted by Gasteiger charge is 2.46. The van der Waals surface area contributed by atoms with Gasteiger partial charge in [0.1, 0.15) is 24.4 Å². The molecule has 3 unspecified atom stereocenters. The van der Waals surface area contributed by atoms with Crippen molar-refractivity contribution < 1.29 is 19.1 Å². The second kappa shape index (κ2) is 12.3. The molecule has 0 saturated heterocycles. The fourth-order valence-corrected chi connectivity index (χ4v) is 6.69.